The molecule has 112 valence electrons. The SMILES string of the molecule is CC(N)C(C)C(=O)NC(Cc1ccccc1)C1CC1.Cl. The molecule has 1 amide bonds. The highest BCUT2D eigenvalue weighted by molar-refractivity contribution is 5.85. The van der Waals surface area contributed by atoms with Crippen molar-refractivity contribution in [2.75, 3.05) is 0 Å². The zero-order valence-corrected chi connectivity index (χ0v) is 13.0. The second-order valence-corrected chi connectivity index (χ2v) is 5.79. The zero-order valence-electron chi connectivity index (χ0n) is 12.2. The van der Waals surface area contributed by atoms with E-state index in [1.54, 1.807) is 0 Å². The summed E-state index contributed by atoms with van der Waals surface area (Å²) in [6.45, 7) is 3.78. The van der Waals surface area contributed by atoms with Crippen molar-refractivity contribution >= 4 is 18.3 Å². The molecule has 1 aromatic rings. The minimum Gasteiger partial charge on any atom is -0.352 e. The van der Waals surface area contributed by atoms with Crippen molar-refractivity contribution in [3.05, 3.63) is 35.9 Å². The van der Waals surface area contributed by atoms with Crippen LogP contribution in [0.25, 0.3) is 0 Å². The molecule has 0 heterocycles. The van der Waals surface area contributed by atoms with Crippen molar-refractivity contribution in [2.45, 2.75) is 45.2 Å². The van der Waals surface area contributed by atoms with Gasteiger partial charge in [0, 0.05) is 18.0 Å². The third-order valence-electron chi connectivity index (χ3n) is 4.02. The number of rotatable bonds is 6. The van der Waals surface area contributed by atoms with Gasteiger partial charge >= 0.3 is 0 Å². The number of hydrogen-bond acceptors (Lipinski definition) is 2. The van der Waals surface area contributed by atoms with Gasteiger partial charge in [-0.25, -0.2) is 0 Å². The summed E-state index contributed by atoms with van der Waals surface area (Å²) in [4.78, 5) is 12.1. The van der Waals surface area contributed by atoms with Crippen molar-refractivity contribution in [3.8, 4) is 0 Å². The summed E-state index contributed by atoms with van der Waals surface area (Å²) in [5, 5.41) is 3.19. The predicted molar refractivity (Wildman–Crippen MR) is 84.9 cm³/mol. The molecule has 0 saturated heterocycles. The van der Waals surface area contributed by atoms with E-state index >= 15 is 0 Å². The quantitative estimate of drug-likeness (QED) is 0.847. The molecule has 1 saturated carbocycles. The van der Waals surface area contributed by atoms with Crippen molar-refractivity contribution in [3.63, 3.8) is 0 Å². The Bertz CT molecular complexity index is 418. The molecule has 2 rings (SSSR count). The van der Waals surface area contributed by atoms with Gasteiger partial charge in [0.15, 0.2) is 0 Å². The number of amides is 1. The van der Waals surface area contributed by atoms with Crippen LogP contribution < -0.4 is 11.1 Å². The topological polar surface area (TPSA) is 55.1 Å². The molecule has 0 radical (unpaired) electrons. The predicted octanol–water partition coefficient (Wildman–Crippen LogP) is 2.53. The maximum absolute atomic E-state index is 12.1. The van der Waals surface area contributed by atoms with Gasteiger partial charge in [-0.05, 0) is 37.7 Å². The van der Waals surface area contributed by atoms with E-state index in [4.69, 9.17) is 5.73 Å². The Morgan fingerprint density at radius 2 is 1.90 bits per heavy atom. The normalized spacial score (nSPS) is 18.6. The van der Waals surface area contributed by atoms with Crippen molar-refractivity contribution in [2.24, 2.45) is 17.6 Å². The number of hydrogen-bond donors (Lipinski definition) is 2. The number of nitrogens with one attached hydrogen (secondary N) is 1. The average molecular weight is 297 g/mol. The second kappa shape index (κ2) is 7.65. The highest BCUT2D eigenvalue weighted by atomic mass is 35.5. The Kier molecular flexibility index (Phi) is 6.50. The van der Waals surface area contributed by atoms with E-state index in [0.717, 1.165) is 6.42 Å². The van der Waals surface area contributed by atoms with E-state index in [-0.39, 0.29) is 36.3 Å². The summed E-state index contributed by atoms with van der Waals surface area (Å²) in [6, 6.07) is 10.5. The maximum Gasteiger partial charge on any atom is 0.224 e. The molecule has 1 fully saturated rings. The van der Waals surface area contributed by atoms with E-state index in [1.807, 2.05) is 32.0 Å². The molecular formula is C16H25ClN2O. The van der Waals surface area contributed by atoms with Crippen LogP contribution in [0.2, 0.25) is 0 Å². The summed E-state index contributed by atoms with van der Waals surface area (Å²) in [7, 11) is 0. The van der Waals surface area contributed by atoms with Crippen LogP contribution in [0.4, 0.5) is 0 Å². The second-order valence-electron chi connectivity index (χ2n) is 5.79. The lowest BCUT2D eigenvalue weighted by atomic mass is 9.99. The van der Waals surface area contributed by atoms with Gasteiger partial charge in [-0.1, -0.05) is 37.3 Å². The van der Waals surface area contributed by atoms with Crippen LogP contribution in [0.5, 0.6) is 0 Å². The molecule has 0 bridgehead atoms. The molecule has 1 aliphatic carbocycles. The third kappa shape index (κ3) is 4.80. The van der Waals surface area contributed by atoms with Crippen LogP contribution in [0, 0.1) is 11.8 Å². The van der Waals surface area contributed by atoms with E-state index in [1.165, 1.54) is 18.4 Å². The van der Waals surface area contributed by atoms with Crippen LogP contribution in [0.15, 0.2) is 30.3 Å². The van der Waals surface area contributed by atoms with E-state index in [0.29, 0.717) is 5.92 Å². The molecule has 20 heavy (non-hydrogen) atoms. The van der Waals surface area contributed by atoms with Crippen LogP contribution in [-0.2, 0) is 11.2 Å². The van der Waals surface area contributed by atoms with Crippen molar-refractivity contribution in [1.29, 1.82) is 0 Å². The first-order chi connectivity index (χ1) is 9.08. The largest absolute Gasteiger partial charge is 0.352 e. The Labute approximate surface area is 127 Å². The number of nitrogens with two attached hydrogens (primary N) is 1. The summed E-state index contributed by atoms with van der Waals surface area (Å²) in [5.74, 6) is 0.601. The van der Waals surface area contributed by atoms with Gasteiger partial charge in [-0.3, -0.25) is 4.79 Å². The fourth-order valence-electron chi connectivity index (χ4n) is 2.26. The van der Waals surface area contributed by atoms with Gasteiger partial charge in [0.05, 0.1) is 0 Å². The Balaban J connectivity index is 0.00000200. The fraction of sp³-hybridized carbons (Fsp3) is 0.562. The Morgan fingerprint density at radius 1 is 1.30 bits per heavy atom. The van der Waals surface area contributed by atoms with Gasteiger partial charge in [0.1, 0.15) is 0 Å². The number of benzene rings is 1. The lowest BCUT2D eigenvalue weighted by Crippen LogP contribution is -2.45. The number of carbonyl (C=O) groups excluding carboxylic acids is 1. The van der Waals surface area contributed by atoms with Crippen molar-refractivity contribution in [1.82, 2.24) is 5.32 Å². The molecule has 3 nitrogen and oxygen atoms in total. The zero-order chi connectivity index (χ0) is 13.8. The molecule has 3 N–H and O–H groups in total. The number of halogens is 1. The van der Waals surface area contributed by atoms with Crippen LogP contribution in [-0.4, -0.2) is 18.0 Å². The molecule has 3 unspecified atom stereocenters. The minimum atomic E-state index is -0.128. The van der Waals surface area contributed by atoms with Gasteiger partial charge in [0.25, 0.3) is 0 Å². The molecule has 0 aliphatic heterocycles. The van der Waals surface area contributed by atoms with Crippen molar-refractivity contribution < 1.29 is 4.79 Å². The van der Waals surface area contributed by atoms with Gasteiger partial charge < -0.3 is 11.1 Å². The summed E-state index contributed by atoms with van der Waals surface area (Å²) < 4.78 is 0. The average Bonchev–Trinajstić information content (AvgIpc) is 3.22. The first-order valence-electron chi connectivity index (χ1n) is 7.18. The molecule has 0 spiro atoms. The first kappa shape index (κ1) is 17.0. The lowest BCUT2D eigenvalue weighted by Gasteiger charge is -2.22. The highest BCUT2D eigenvalue weighted by Crippen LogP contribution is 2.34. The van der Waals surface area contributed by atoms with Gasteiger partial charge in [-0.2, -0.15) is 0 Å². The monoisotopic (exact) mass is 296 g/mol. The summed E-state index contributed by atoms with van der Waals surface area (Å²) in [6.07, 6.45) is 3.37. The summed E-state index contributed by atoms with van der Waals surface area (Å²) >= 11 is 0. The Morgan fingerprint density at radius 3 is 2.40 bits per heavy atom. The van der Waals surface area contributed by atoms with Crippen LogP contribution in [0.3, 0.4) is 0 Å². The highest BCUT2D eigenvalue weighted by Gasteiger charge is 2.33. The molecular weight excluding hydrogens is 272 g/mol. The smallest absolute Gasteiger partial charge is 0.224 e. The Hall–Kier alpha value is -1.06. The van der Waals surface area contributed by atoms with E-state index in [9.17, 15) is 4.79 Å². The standard InChI is InChI=1S/C16H24N2O.ClH/c1-11(12(2)17)16(19)18-15(14-8-9-14)10-13-6-4-3-5-7-13;/h3-7,11-12,14-15H,8-10,17H2,1-2H3,(H,18,19);1H. The third-order valence-corrected chi connectivity index (χ3v) is 4.02. The van der Waals surface area contributed by atoms with Crippen LogP contribution >= 0.6 is 12.4 Å². The number of carbonyl (C=O) groups is 1. The van der Waals surface area contributed by atoms with Gasteiger partial charge in [-0.15, -0.1) is 12.4 Å². The molecule has 1 aromatic carbocycles. The molecule has 1 aliphatic rings. The molecule has 4 heteroatoms. The molecule has 3 atom stereocenters. The minimum absolute atomic E-state index is 0. The maximum atomic E-state index is 12.1. The van der Waals surface area contributed by atoms with Gasteiger partial charge in [0.2, 0.25) is 5.91 Å². The fourth-order valence-corrected chi connectivity index (χ4v) is 2.26. The van der Waals surface area contributed by atoms with E-state index in [2.05, 4.69) is 17.4 Å². The molecule has 0 aromatic heterocycles. The first-order valence-corrected chi connectivity index (χ1v) is 7.18. The van der Waals surface area contributed by atoms with E-state index < -0.39 is 0 Å². The lowest BCUT2D eigenvalue weighted by molar-refractivity contribution is -0.125. The van der Waals surface area contributed by atoms with Crippen LogP contribution in [0.1, 0.15) is 32.3 Å². The summed E-state index contributed by atoms with van der Waals surface area (Å²) in [5.41, 5.74) is 7.08.